The van der Waals surface area contributed by atoms with Crippen molar-refractivity contribution in [3.8, 4) is 0 Å². The Kier molecular flexibility index (Phi) is 3.92. The molecule has 0 spiro atoms. The summed E-state index contributed by atoms with van der Waals surface area (Å²) in [5, 5.41) is 9.15. The number of azo groups is 1. The normalized spacial score (nSPS) is 12.0. The predicted octanol–water partition coefficient (Wildman–Crippen LogP) is 3.67. The molecule has 0 amide bonds. The highest BCUT2D eigenvalue weighted by atomic mass is 32.2. The summed E-state index contributed by atoms with van der Waals surface area (Å²) >= 11 is 0. The topological polar surface area (TPSA) is 131 Å². The first kappa shape index (κ1) is 15.9. The third kappa shape index (κ3) is 3.05. The number of rotatable bonds is 3. The lowest BCUT2D eigenvalue weighted by Gasteiger charge is -2.06. The number of nitrogens with two attached hydrogens (primary N) is 2. The lowest BCUT2D eigenvalue weighted by atomic mass is 10.1. The maximum atomic E-state index is 11.5. The van der Waals surface area contributed by atoms with Crippen molar-refractivity contribution < 1.29 is 13.0 Å². The summed E-state index contributed by atoms with van der Waals surface area (Å²) in [6.07, 6.45) is 0. The monoisotopic (exact) mass is 342 g/mol. The molecule has 0 saturated carbocycles. The van der Waals surface area contributed by atoms with Crippen LogP contribution in [0.5, 0.6) is 0 Å². The van der Waals surface area contributed by atoms with E-state index in [2.05, 4.69) is 10.2 Å². The highest BCUT2D eigenvalue weighted by Gasteiger charge is 2.15. The van der Waals surface area contributed by atoms with E-state index in [4.69, 9.17) is 11.5 Å². The first-order valence-corrected chi connectivity index (χ1v) is 8.36. The van der Waals surface area contributed by atoms with Crippen molar-refractivity contribution in [2.24, 2.45) is 10.2 Å². The second kappa shape index (κ2) is 5.91. The van der Waals surface area contributed by atoms with Gasteiger partial charge in [-0.2, -0.15) is 8.42 Å². The van der Waals surface area contributed by atoms with E-state index in [0.717, 1.165) is 0 Å². The molecule has 5 N–H and O–H groups in total. The smallest absolute Gasteiger partial charge is 0.295 e. The van der Waals surface area contributed by atoms with E-state index in [-0.39, 0.29) is 4.90 Å². The second-order valence-corrected chi connectivity index (χ2v) is 6.51. The summed E-state index contributed by atoms with van der Waals surface area (Å²) in [6, 6.07) is 14.4. The van der Waals surface area contributed by atoms with Crippen LogP contribution in [0.1, 0.15) is 0 Å². The lowest BCUT2D eigenvalue weighted by Crippen LogP contribution is -1.98. The maximum absolute atomic E-state index is 11.5. The minimum absolute atomic E-state index is 0.177. The average Bonchev–Trinajstić information content (AvgIpc) is 2.52. The highest BCUT2D eigenvalue weighted by molar-refractivity contribution is 7.86. The fourth-order valence-corrected chi connectivity index (χ4v) is 3.04. The van der Waals surface area contributed by atoms with Crippen LogP contribution in [0.25, 0.3) is 10.8 Å². The number of fused-ring (bicyclic) bond motifs is 1. The molecule has 3 aromatic rings. The molecule has 0 atom stereocenters. The molecule has 122 valence electrons. The summed E-state index contributed by atoms with van der Waals surface area (Å²) < 4.78 is 32.3. The maximum Gasteiger partial charge on any atom is 0.295 e. The Bertz CT molecular complexity index is 1060. The quantitative estimate of drug-likeness (QED) is 0.379. The molecule has 0 aromatic heterocycles. The molecule has 3 aromatic carbocycles. The van der Waals surface area contributed by atoms with Crippen molar-refractivity contribution in [3.05, 3.63) is 54.6 Å². The molecule has 7 nitrogen and oxygen atoms in total. The van der Waals surface area contributed by atoms with Crippen molar-refractivity contribution in [1.29, 1.82) is 0 Å². The molecule has 0 aliphatic carbocycles. The van der Waals surface area contributed by atoms with Gasteiger partial charge in [-0.1, -0.05) is 24.3 Å². The van der Waals surface area contributed by atoms with Gasteiger partial charge in [0.2, 0.25) is 0 Å². The molecule has 0 bridgehead atoms. The molecule has 8 heteroatoms. The number of nitrogens with zero attached hydrogens (tertiary/aromatic N) is 2. The van der Waals surface area contributed by atoms with Gasteiger partial charge in [0.1, 0.15) is 10.6 Å². The van der Waals surface area contributed by atoms with Crippen molar-refractivity contribution in [2.75, 3.05) is 11.5 Å². The zero-order chi connectivity index (χ0) is 17.3. The Balaban J connectivity index is 2.13. The molecular formula is C16H14N4O3S. The van der Waals surface area contributed by atoms with Crippen LogP contribution in [-0.4, -0.2) is 13.0 Å². The zero-order valence-electron chi connectivity index (χ0n) is 12.4. The third-order valence-corrected chi connectivity index (χ3v) is 4.37. The van der Waals surface area contributed by atoms with Crippen LogP contribution < -0.4 is 11.5 Å². The molecule has 0 unspecified atom stereocenters. The van der Waals surface area contributed by atoms with Crippen molar-refractivity contribution in [3.63, 3.8) is 0 Å². The zero-order valence-corrected chi connectivity index (χ0v) is 13.2. The second-order valence-electron chi connectivity index (χ2n) is 5.12. The van der Waals surface area contributed by atoms with Crippen LogP contribution in [0, 0.1) is 0 Å². The van der Waals surface area contributed by atoms with E-state index < -0.39 is 10.1 Å². The summed E-state index contributed by atoms with van der Waals surface area (Å²) in [5.41, 5.74) is 13.3. The van der Waals surface area contributed by atoms with Crippen LogP contribution >= 0.6 is 0 Å². The number of nitrogen functional groups attached to an aromatic ring is 2. The molecule has 0 aliphatic heterocycles. The van der Waals surface area contributed by atoms with Crippen molar-refractivity contribution >= 4 is 43.6 Å². The number of anilines is 2. The van der Waals surface area contributed by atoms with Gasteiger partial charge in [-0.05, 0) is 30.3 Å². The molecular weight excluding hydrogens is 328 g/mol. The van der Waals surface area contributed by atoms with Crippen LogP contribution in [0.4, 0.5) is 22.7 Å². The summed E-state index contributed by atoms with van der Waals surface area (Å²) in [7, 11) is -4.33. The predicted molar refractivity (Wildman–Crippen MR) is 93.2 cm³/mol. The van der Waals surface area contributed by atoms with E-state index in [1.54, 1.807) is 42.5 Å². The first-order chi connectivity index (χ1) is 11.4. The largest absolute Gasteiger partial charge is 0.399 e. The summed E-state index contributed by atoms with van der Waals surface area (Å²) in [4.78, 5) is -0.177. The van der Waals surface area contributed by atoms with Gasteiger partial charge in [0.15, 0.2) is 0 Å². The van der Waals surface area contributed by atoms with Gasteiger partial charge in [0, 0.05) is 16.5 Å². The van der Waals surface area contributed by atoms with Crippen LogP contribution in [0.15, 0.2) is 69.7 Å². The molecule has 3 rings (SSSR count). The fraction of sp³-hybridized carbons (Fsp3) is 0. The van der Waals surface area contributed by atoms with Crippen LogP contribution in [-0.2, 0) is 10.1 Å². The fourth-order valence-electron chi connectivity index (χ4n) is 2.34. The number of hydrogen-bond acceptors (Lipinski definition) is 6. The average molecular weight is 342 g/mol. The Morgan fingerprint density at radius 1 is 0.833 bits per heavy atom. The summed E-state index contributed by atoms with van der Waals surface area (Å²) in [5.74, 6) is 0. The van der Waals surface area contributed by atoms with Gasteiger partial charge < -0.3 is 11.5 Å². The van der Waals surface area contributed by atoms with Gasteiger partial charge in [-0.3, -0.25) is 4.55 Å². The minimum Gasteiger partial charge on any atom is -0.399 e. The summed E-state index contributed by atoms with van der Waals surface area (Å²) in [6.45, 7) is 0. The van der Waals surface area contributed by atoms with Crippen molar-refractivity contribution in [2.45, 2.75) is 4.90 Å². The Morgan fingerprint density at radius 2 is 1.46 bits per heavy atom. The van der Waals surface area contributed by atoms with Crippen LogP contribution in [0.2, 0.25) is 0 Å². The molecule has 0 radical (unpaired) electrons. The Morgan fingerprint density at radius 3 is 2.12 bits per heavy atom. The molecule has 0 saturated heterocycles. The molecule has 0 heterocycles. The van der Waals surface area contributed by atoms with Gasteiger partial charge in [-0.15, -0.1) is 10.2 Å². The Hall–Kier alpha value is -2.97. The number of benzene rings is 3. The number of hydrogen-bond donors (Lipinski definition) is 3. The van der Waals surface area contributed by atoms with E-state index in [1.807, 2.05) is 0 Å². The molecule has 24 heavy (non-hydrogen) atoms. The first-order valence-electron chi connectivity index (χ1n) is 6.92. The van der Waals surface area contributed by atoms with Gasteiger partial charge in [0.05, 0.1) is 11.4 Å². The van der Waals surface area contributed by atoms with Crippen LogP contribution in [0.3, 0.4) is 0 Å². The van der Waals surface area contributed by atoms with E-state index >= 15 is 0 Å². The SMILES string of the molecule is Nc1ccc(N=Nc2ccc(S(=O)(=O)O)c3ccccc23)c(N)c1. The van der Waals surface area contributed by atoms with E-state index in [0.29, 0.717) is 33.5 Å². The lowest BCUT2D eigenvalue weighted by molar-refractivity contribution is 0.484. The van der Waals surface area contributed by atoms with E-state index in [1.165, 1.54) is 12.1 Å². The van der Waals surface area contributed by atoms with Crippen molar-refractivity contribution in [1.82, 2.24) is 0 Å². The third-order valence-electron chi connectivity index (χ3n) is 3.46. The van der Waals surface area contributed by atoms with E-state index in [9.17, 15) is 13.0 Å². The Labute approximate surface area is 138 Å². The highest BCUT2D eigenvalue weighted by Crippen LogP contribution is 2.33. The van der Waals surface area contributed by atoms with Gasteiger partial charge in [-0.25, -0.2) is 0 Å². The van der Waals surface area contributed by atoms with Gasteiger partial charge >= 0.3 is 0 Å². The minimum atomic E-state index is -4.33. The molecule has 0 fully saturated rings. The molecule has 0 aliphatic rings. The van der Waals surface area contributed by atoms with Gasteiger partial charge in [0.25, 0.3) is 10.1 Å². The standard InChI is InChI=1S/C16H14N4O3S/c17-10-5-6-15(13(18)9-10)20-19-14-7-8-16(24(21,22)23)12-4-2-1-3-11(12)14/h1-9H,17-18H2,(H,21,22,23).